The minimum absolute atomic E-state index is 0.0606. The van der Waals surface area contributed by atoms with Gasteiger partial charge in [-0.1, -0.05) is 12.1 Å². The number of alkyl halides is 3. The van der Waals surface area contributed by atoms with E-state index >= 15 is 0 Å². The summed E-state index contributed by atoms with van der Waals surface area (Å²) >= 11 is 0. The van der Waals surface area contributed by atoms with Gasteiger partial charge in [-0.25, -0.2) is 16.5 Å². The first kappa shape index (κ1) is 22.3. The second kappa shape index (κ2) is 9.64. The second-order valence-electron chi connectivity index (χ2n) is 7.04. The molecule has 10 heteroatoms. The Hall–Kier alpha value is -3.35. The Kier molecular flexibility index (Phi) is 6.95. The third-order valence-corrected chi connectivity index (χ3v) is 4.96. The predicted octanol–water partition coefficient (Wildman–Crippen LogP) is 3.61. The van der Waals surface area contributed by atoms with Gasteiger partial charge < -0.3 is 14.4 Å². The number of ether oxygens (including phenoxy) is 2. The third-order valence-electron chi connectivity index (χ3n) is 4.96. The maximum atomic E-state index is 13.0. The summed E-state index contributed by atoms with van der Waals surface area (Å²) < 4.78 is 49.5. The van der Waals surface area contributed by atoms with Crippen LogP contribution in [0.25, 0.3) is 4.85 Å². The first-order chi connectivity index (χ1) is 14.8. The quantitative estimate of drug-likeness (QED) is 0.490. The van der Waals surface area contributed by atoms with Crippen LogP contribution in [0.2, 0.25) is 0 Å². The molecule has 1 aliphatic rings. The summed E-state index contributed by atoms with van der Waals surface area (Å²) in [4.78, 5) is 24.8. The Bertz CT molecular complexity index is 944. The van der Waals surface area contributed by atoms with Crippen LogP contribution in [0.15, 0.2) is 36.5 Å². The number of halogens is 3. The standard InChI is InChI=1S/C21H21F3N4O3/c1-3-30-19(29)17-12-28(20-26-9-8-18(27-20)21(22,23)24)11-15(17)10-14-4-6-16(7-5-14)31-13-25-2/h4-9,15,17H,3,10-13H2,1H3/t15-,17+/m1/s1. The minimum atomic E-state index is -4.57. The lowest BCUT2D eigenvalue weighted by atomic mass is 9.90. The fourth-order valence-electron chi connectivity index (χ4n) is 3.55. The number of benzene rings is 1. The molecule has 2 heterocycles. The van der Waals surface area contributed by atoms with Crippen molar-refractivity contribution in [1.29, 1.82) is 0 Å². The van der Waals surface area contributed by atoms with Crippen LogP contribution in [-0.2, 0) is 22.1 Å². The Balaban J connectivity index is 1.78. The lowest BCUT2D eigenvalue weighted by molar-refractivity contribution is -0.148. The van der Waals surface area contributed by atoms with Crippen LogP contribution < -0.4 is 9.64 Å². The van der Waals surface area contributed by atoms with Crippen LogP contribution >= 0.6 is 0 Å². The molecule has 0 spiro atoms. The molecular weight excluding hydrogens is 413 g/mol. The molecule has 1 saturated heterocycles. The first-order valence-corrected chi connectivity index (χ1v) is 9.68. The minimum Gasteiger partial charge on any atom is -0.466 e. The van der Waals surface area contributed by atoms with Gasteiger partial charge in [-0.15, -0.1) is 0 Å². The first-order valence-electron chi connectivity index (χ1n) is 9.68. The average Bonchev–Trinajstić information content (AvgIpc) is 3.17. The number of esters is 1. The van der Waals surface area contributed by atoms with E-state index in [0.717, 1.165) is 17.8 Å². The molecule has 2 atom stereocenters. The molecular formula is C21H21F3N4O3. The lowest BCUT2D eigenvalue weighted by Gasteiger charge is -2.17. The van der Waals surface area contributed by atoms with E-state index in [4.69, 9.17) is 16.0 Å². The number of aromatic nitrogens is 2. The van der Waals surface area contributed by atoms with E-state index in [9.17, 15) is 18.0 Å². The van der Waals surface area contributed by atoms with Crippen molar-refractivity contribution in [1.82, 2.24) is 9.97 Å². The summed E-state index contributed by atoms with van der Waals surface area (Å²) in [5.74, 6) is -0.594. The fourth-order valence-corrected chi connectivity index (χ4v) is 3.55. The normalized spacial score (nSPS) is 18.5. The molecule has 7 nitrogen and oxygen atoms in total. The highest BCUT2D eigenvalue weighted by molar-refractivity contribution is 5.74. The molecule has 0 amide bonds. The summed E-state index contributed by atoms with van der Waals surface area (Å²) in [7, 11) is 0. The number of hydrogen-bond donors (Lipinski definition) is 0. The zero-order chi connectivity index (χ0) is 22.4. The lowest BCUT2D eigenvalue weighted by Crippen LogP contribution is -2.27. The molecule has 3 rings (SSSR count). The molecule has 1 aromatic heterocycles. The van der Waals surface area contributed by atoms with Gasteiger partial charge in [0.2, 0.25) is 5.95 Å². The SMILES string of the molecule is [C-]#[N+]COc1ccc(C[C@@H]2CN(c3nccc(C(F)(F)F)n3)C[C@@H]2C(=O)OCC)cc1. The summed E-state index contributed by atoms with van der Waals surface area (Å²) in [5, 5.41) is 0. The summed E-state index contributed by atoms with van der Waals surface area (Å²) in [6.07, 6.45) is -2.99. The van der Waals surface area contributed by atoms with E-state index < -0.39 is 17.8 Å². The number of hydrogen-bond acceptors (Lipinski definition) is 6. The molecule has 1 fully saturated rings. The number of anilines is 1. The van der Waals surface area contributed by atoms with Gasteiger partial charge in [-0.3, -0.25) is 9.64 Å². The molecule has 0 radical (unpaired) electrons. The summed E-state index contributed by atoms with van der Waals surface area (Å²) in [6.45, 7) is 9.11. The van der Waals surface area contributed by atoms with Crippen LogP contribution in [0.3, 0.4) is 0 Å². The molecule has 2 aromatic rings. The van der Waals surface area contributed by atoms with Gasteiger partial charge in [-0.2, -0.15) is 13.2 Å². The van der Waals surface area contributed by atoms with Gasteiger partial charge in [0.05, 0.1) is 12.5 Å². The molecule has 164 valence electrons. The van der Waals surface area contributed by atoms with Gasteiger partial charge in [-0.05, 0) is 43.0 Å². The summed E-state index contributed by atoms with van der Waals surface area (Å²) in [6, 6.07) is 7.97. The smallest absolute Gasteiger partial charge is 0.433 e. The van der Waals surface area contributed by atoms with Gasteiger partial charge in [0.25, 0.3) is 0 Å². The van der Waals surface area contributed by atoms with Crippen LogP contribution in [0.4, 0.5) is 19.1 Å². The van der Waals surface area contributed by atoms with Gasteiger partial charge in [0, 0.05) is 19.3 Å². The molecule has 0 saturated carbocycles. The number of rotatable bonds is 7. The van der Waals surface area contributed by atoms with Crippen molar-refractivity contribution >= 4 is 11.9 Å². The molecule has 0 bridgehead atoms. The van der Waals surface area contributed by atoms with E-state index in [1.165, 1.54) is 0 Å². The van der Waals surface area contributed by atoms with Crippen LogP contribution in [0, 0.1) is 18.4 Å². The molecule has 0 N–H and O–H groups in total. The molecule has 31 heavy (non-hydrogen) atoms. The number of nitrogens with zero attached hydrogens (tertiary/aromatic N) is 4. The van der Waals surface area contributed by atoms with Crippen molar-refractivity contribution in [2.45, 2.75) is 19.5 Å². The van der Waals surface area contributed by atoms with Crippen LogP contribution in [-0.4, -0.2) is 42.4 Å². The van der Waals surface area contributed by atoms with Crippen molar-refractivity contribution in [2.24, 2.45) is 11.8 Å². The highest BCUT2D eigenvalue weighted by Crippen LogP contribution is 2.33. The molecule has 0 aliphatic carbocycles. The summed E-state index contributed by atoms with van der Waals surface area (Å²) in [5.41, 5.74) is -0.0927. The van der Waals surface area contributed by atoms with Gasteiger partial charge in [0.1, 0.15) is 11.4 Å². The van der Waals surface area contributed by atoms with Crippen molar-refractivity contribution in [2.75, 3.05) is 31.3 Å². The predicted molar refractivity (Wildman–Crippen MR) is 105 cm³/mol. The van der Waals surface area contributed by atoms with E-state index in [1.54, 1.807) is 24.0 Å². The van der Waals surface area contributed by atoms with Gasteiger partial charge in [0.15, 0.2) is 0 Å². The highest BCUT2D eigenvalue weighted by Gasteiger charge is 2.40. The van der Waals surface area contributed by atoms with Crippen molar-refractivity contribution in [3.05, 3.63) is 59.2 Å². The zero-order valence-electron chi connectivity index (χ0n) is 16.8. The molecule has 0 unspecified atom stereocenters. The number of carbonyl (C=O) groups excluding carboxylic acids is 1. The van der Waals surface area contributed by atoms with Gasteiger partial charge >= 0.3 is 18.9 Å². The maximum absolute atomic E-state index is 13.0. The zero-order valence-corrected chi connectivity index (χ0v) is 16.8. The topological polar surface area (TPSA) is 68.9 Å². The maximum Gasteiger partial charge on any atom is 0.433 e. The second-order valence-corrected chi connectivity index (χ2v) is 7.04. The van der Waals surface area contributed by atoms with Crippen molar-refractivity contribution in [3.8, 4) is 5.75 Å². The van der Waals surface area contributed by atoms with Crippen LogP contribution in [0.5, 0.6) is 5.75 Å². The Morgan fingerprint density at radius 3 is 2.65 bits per heavy atom. The average molecular weight is 434 g/mol. The molecule has 1 aliphatic heterocycles. The van der Waals surface area contributed by atoms with E-state index in [1.807, 2.05) is 12.1 Å². The number of carbonyl (C=O) groups is 1. The Morgan fingerprint density at radius 2 is 2.00 bits per heavy atom. The highest BCUT2D eigenvalue weighted by atomic mass is 19.4. The van der Waals surface area contributed by atoms with Crippen molar-refractivity contribution in [3.63, 3.8) is 0 Å². The van der Waals surface area contributed by atoms with E-state index in [0.29, 0.717) is 18.7 Å². The van der Waals surface area contributed by atoms with Crippen LogP contribution in [0.1, 0.15) is 18.2 Å². The molecule has 1 aromatic carbocycles. The Labute approximate surface area is 177 Å². The van der Waals surface area contributed by atoms with E-state index in [-0.39, 0.29) is 37.7 Å². The monoisotopic (exact) mass is 434 g/mol. The largest absolute Gasteiger partial charge is 0.466 e. The van der Waals surface area contributed by atoms with E-state index in [2.05, 4.69) is 14.8 Å². The fraction of sp³-hybridized carbons (Fsp3) is 0.429. The third kappa shape index (κ3) is 5.63. The van der Waals surface area contributed by atoms with Crippen molar-refractivity contribution < 1.29 is 27.4 Å². The Morgan fingerprint density at radius 1 is 1.26 bits per heavy atom.